The van der Waals surface area contributed by atoms with Gasteiger partial charge in [0, 0.05) is 24.7 Å². The van der Waals surface area contributed by atoms with E-state index in [0.29, 0.717) is 11.6 Å². The first-order valence-corrected chi connectivity index (χ1v) is 7.28. The van der Waals surface area contributed by atoms with Gasteiger partial charge < -0.3 is 10.0 Å². The van der Waals surface area contributed by atoms with Crippen molar-refractivity contribution >= 4 is 23.6 Å². The Morgan fingerprint density at radius 2 is 2.05 bits per heavy atom. The van der Waals surface area contributed by atoms with E-state index in [0.717, 1.165) is 31.2 Å². The number of likely N-dealkylation sites (N-methyl/N-ethyl adjacent to an activating group) is 1. The Bertz CT molecular complexity index is 507. The quantitative estimate of drug-likeness (QED) is 0.867. The fourth-order valence-corrected chi connectivity index (χ4v) is 2.81. The highest BCUT2D eigenvalue weighted by Crippen LogP contribution is 2.30. The summed E-state index contributed by atoms with van der Waals surface area (Å²) in [4.78, 5) is 13.6. The molecule has 108 valence electrons. The van der Waals surface area contributed by atoms with Gasteiger partial charge in [-0.2, -0.15) is 0 Å². The molecule has 1 aliphatic carbocycles. The van der Waals surface area contributed by atoms with Crippen LogP contribution in [-0.4, -0.2) is 35.1 Å². The third-order valence-electron chi connectivity index (χ3n) is 3.75. The maximum atomic E-state index is 12.0. The van der Waals surface area contributed by atoms with E-state index in [9.17, 15) is 9.90 Å². The highest BCUT2D eigenvalue weighted by molar-refractivity contribution is 6.32. The summed E-state index contributed by atoms with van der Waals surface area (Å²) in [5, 5.41) is 10.9. The lowest BCUT2D eigenvalue weighted by molar-refractivity contribution is -0.127. The highest BCUT2D eigenvalue weighted by atomic mass is 35.5. The molecule has 1 saturated carbocycles. The number of hydrogen-bond acceptors (Lipinski definition) is 2. The zero-order chi connectivity index (χ0) is 14.6. The van der Waals surface area contributed by atoms with Crippen molar-refractivity contribution < 1.29 is 9.90 Å². The Morgan fingerprint density at radius 1 is 1.40 bits per heavy atom. The molecular formula is C16H20ClNO2. The summed E-state index contributed by atoms with van der Waals surface area (Å²) in [6.45, 7) is 0.388. The van der Waals surface area contributed by atoms with Crippen LogP contribution < -0.4 is 0 Å². The molecule has 3 nitrogen and oxygen atoms in total. The predicted octanol–water partition coefficient (Wildman–Crippen LogP) is 3.12. The van der Waals surface area contributed by atoms with E-state index in [1.165, 1.54) is 6.08 Å². The first kappa shape index (κ1) is 15.1. The molecule has 2 rings (SSSR count). The van der Waals surface area contributed by atoms with Crippen LogP contribution in [0.5, 0.6) is 0 Å². The fraction of sp³-hybridized carbons (Fsp3) is 0.438. The topological polar surface area (TPSA) is 40.5 Å². The number of hydrogen-bond donors (Lipinski definition) is 1. The van der Waals surface area contributed by atoms with Gasteiger partial charge in [-0.3, -0.25) is 4.79 Å². The molecule has 0 spiro atoms. The third kappa shape index (κ3) is 3.84. The fourth-order valence-electron chi connectivity index (χ4n) is 2.61. The summed E-state index contributed by atoms with van der Waals surface area (Å²) < 4.78 is 0. The van der Waals surface area contributed by atoms with E-state index in [2.05, 4.69) is 0 Å². The number of aliphatic hydroxyl groups is 1. The largest absolute Gasteiger partial charge is 0.388 e. The Kier molecular flexibility index (Phi) is 4.84. The maximum absolute atomic E-state index is 12.0. The first-order valence-electron chi connectivity index (χ1n) is 6.90. The van der Waals surface area contributed by atoms with Gasteiger partial charge in [-0.05, 0) is 30.5 Å². The van der Waals surface area contributed by atoms with Crippen molar-refractivity contribution in [2.24, 2.45) is 0 Å². The minimum atomic E-state index is -0.706. The van der Waals surface area contributed by atoms with Crippen molar-refractivity contribution in [3.63, 3.8) is 0 Å². The lowest BCUT2D eigenvalue weighted by atomic mass is 10.0. The summed E-state index contributed by atoms with van der Waals surface area (Å²) in [6.07, 6.45) is 6.83. The van der Waals surface area contributed by atoms with Gasteiger partial charge >= 0.3 is 0 Å². The van der Waals surface area contributed by atoms with E-state index >= 15 is 0 Å². The lowest BCUT2D eigenvalue weighted by Crippen LogP contribution is -2.41. The van der Waals surface area contributed by atoms with Gasteiger partial charge in [0.25, 0.3) is 0 Å². The van der Waals surface area contributed by atoms with Crippen LogP contribution in [0.3, 0.4) is 0 Å². The van der Waals surface area contributed by atoms with Crippen molar-refractivity contribution in [3.05, 3.63) is 40.9 Å². The average molecular weight is 294 g/mol. The SMILES string of the molecule is CN(CC1(O)CCCC1)C(=O)/C=C/c1ccccc1Cl. The highest BCUT2D eigenvalue weighted by Gasteiger charge is 2.32. The number of amides is 1. The zero-order valence-electron chi connectivity index (χ0n) is 11.7. The summed E-state index contributed by atoms with van der Waals surface area (Å²) >= 11 is 6.03. The van der Waals surface area contributed by atoms with Gasteiger partial charge in [0.2, 0.25) is 5.91 Å². The number of rotatable bonds is 4. The van der Waals surface area contributed by atoms with Crippen molar-refractivity contribution in [1.82, 2.24) is 4.90 Å². The Balaban J connectivity index is 1.96. The standard InChI is InChI=1S/C16H20ClNO2/c1-18(12-16(20)10-4-5-11-16)15(19)9-8-13-6-2-3-7-14(13)17/h2-3,6-9,20H,4-5,10-12H2,1H3/b9-8+. The molecule has 0 aliphatic heterocycles. The summed E-state index contributed by atoms with van der Waals surface area (Å²) in [5.41, 5.74) is 0.110. The van der Waals surface area contributed by atoms with Gasteiger partial charge in [0.15, 0.2) is 0 Å². The van der Waals surface area contributed by atoms with Gasteiger partial charge in [0.05, 0.1) is 5.60 Å². The van der Waals surface area contributed by atoms with E-state index < -0.39 is 5.60 Å². The van der Waals surface area contributed by atoms with E-state index in [-0.39, 0.29) is 5.91 Å². The Morgan fingerprint density at radius 3 is 2.70 bits per heavy atom. The molecule has 0 atom stereocenters. The van der Waals surface area contributed by atoms with Crippen molar-refractivity contribution in [2.45, 2.75) is 31.3 Å². The minimum absolute atomic E-state index is 0.120. The lowest BCUT2D eigenvalue weighted by Gasteiger charge is -2.27. The Labute approximate surface area is 124 Å². The third-order valence-corrected chi connectivity index (χ3v) is 4.10. The molecule has 20 heavy (non-hydrogen) atoms. The molecule has 0 saturated heterocycles. The summed E-state index contributed by atoms with van der Waals surface area (Å²) in [5.74, 6) is -0.120. The second-order valence-electron chi connectivity index (χ2n) is 5.48. The molecule has 1 fully saturated rings. The molecule has 0 radical (unpaired) electrons. The molecule has 1 aromatic carbocycles. The van der Waals surface area contributed by atoms with Gasteiger partial charge in [-0.15, -0.1) is 0 Å². The first-order chi connectivity index (χ1) is 9.50. The predicted molar refractivity (Wildman–Crippen MR) is 81.5 cm³/mol. The molecule has 0 unspecified atom stereocenters. The number of benzene rings is 1. The van der Waals surface area contributed by atoms with Crippen LogP contribution >= 0.6 is 11.6 Å². The Hall–Kier alpha value is -1.32. The number of carbonyl (C=O) groups is 1. The average Bonchev–Trinajstić information content (AvgIpc) is 2.84. The van der Waals surface area contributed by atoms with E-state index in [1.807, 2.05) is 18.2 Å². The molecule has 1 amide bonds. The minimum Gasteiger partial charge on any atom is -0.388 e. The normalized spacial score (nSPS) is 17.6. The van der Waals surface area contributed by atoms with Crippen molar-refractivity contribution in [2.75, 3.05) is 13.6 Å². The zero-order valence-corrected chi connectivity index (χ0v) is 12.4. The van der Waals surface area contributed by atoms with Crippen LogP contribution in [-0.2, 0) is 4.79 Å². The second-order valence-corrected chi connectivity index (χ2v) is 5.89. The molecule has 1 N–H and O–H groups in total. The molecule has 0 heterocycles. The monoisotopic (exact) mass is 293 g/mol. The van der Waals surface area contributed by atoms with Crippen molar-refractivity contribution in [3.8, 4) is 0 Å². The smallest absolute Gasteiger partial charge is 0.246 e. The number of carbonyl (C=O) groups excluding carboxylic acids is 1. The molecule has 1 aliphatic rings. The van der Waals surface area contributed by atoms with Crippen LogP contribution in [0.15, 0.2) is 30.3 Å². The van der Waals surface area contributed by atoms with Crippen LogP contribution in [0, 0.1) is 0 Å². The van der Waals surface area contributed by atoms with Gasteiger partial charge in [0.1, 0.15) is 0 Å². The van der Waals surface area contributed by atoms with Gasteiger partial charge in [-0.1, -0.05) is 42.6 Å². The van der Waals surface area contributed by atoms with Crippen LogP contribution in [0.1, 0.15) is 31.2 Å². The maximum Gasteiger partial charge on any atom is 0.246 e. The second kappa shape index (κ2) is 6.42. The van der Waals surface area contributed by atoms with Gasteiger partial charge in [-0.25, -0.2) is 0 Å². The van der Waals surface area contributed by atoms with Crippen LogP contribution in [0.25, 0.3) is 6.08 Å². The summed E-state index contributed by atoms with van der Waals surface area (Å²) in [6, 6.07) is 7.37. The molecule has 1 aromatic rings. The van der Waals surface area contributed by atoms with Crippen LogP contribution in [0.2, 0.25) is 5.02 Å². The van der Waals surface area contributed by atoms with E-state index in [1.54, 1.807) is 24.1 Å². The molecule has 0 bridgehead atoms. The number of halogens is 1. The molecule has 0 aromatic heterocycles. The van der Waals surface area contributed by atoms with Crippen LogP contribution in [0.4, 0.5) is 0 Å². The number of nitrogens with zero attached hydrogens (tertiary/aromatic N) is 1. The van der Waals surface area contributed by atoms with E-state index in [4.69, 9.17) is 11.6 Å². The van der Waals surface area contributed by atoms with Crippen molar-refractivity contribution in [1.29, 1.82) is 0 Å². The summed E-state index contributed by atoms with van der Waals surface area (Å²) in [7, 11) is 1.72. The molecular weight excluding hydrogens is 274 g/mol. The molecule has 4 heteroatoms.